The van der Waals surface area contributed by atoms with Gasteiger partial charge in [0, 0.05) is 23.3 Å². The summed E-state index contributed by atoms with van der Waals surface area (Å²) in [6.07, 6.45) is 3.35. The molecule has 1 aromatic carbocycles. The molecular formula is C15H12N4O2. The van der Waals surface area contributed by atoms with Crippen LogP contribution in [0.3, 0.4) is 0 Å². The number of benzene rings is 1. The van der Waals surface area contributed by atoms with Gasteiger partial charge in [-0.25, -0.2) is 9.97 Å². The Bertz CT molecular complexity index is 790. The zero-order valence-corrected chi connectivity index (χ0v) is 11.0. The first kappa shape index (κ1) is 13.0. The number of rotatable bonds is 4. The Hall–Kier alpha value is -3.02. The highest BCUT2D eigenvalue weighted by Gasteiger charge is 2.09. The Morgan fingerprint density at radius 2 is 2.00 bits per heavy atom. The SMILES string of the molecule is O=C(O)CNc1nc(-c2cccnc2)nc2ccccc12. The first-order chi connectivity index (χ1) is 10.2. The number of fused-ring (bicyclic) bond motifs is 1. The van der Waals surface area contributed by atoms with Gasteiger partial charge in [0.05, 0.1) is 5.52 Å². The van der Waals surface area contributed by atoms with Crippen molar-refractivity contribution in [1.29, 1.82) is 0 Å². The Morgan fingerprint density at radius 1 is 1.14 bits per heavy atom. The fraction of sp³-hybridized carbons (Fsp3) is 0.0667. The maximum Gasteiger partial charge on any atom is 0.322 e. The van der Waals surface area contributed by atoms with Gasteiger partial charge in [0.15, 0.2) is 5.82 Å². The standard InChI is InChI=1S/C15H12N4O2/c20-13(21)9-17-15-11-5-1-2-6-12(11)18-14(19-15)10-4-3-7-16-8-10/h1-8H,9H2,(H,20,21)(H,17,18,19). The molecule has 104 valence electrons. The Morgan fingerprint density at radius 3 is 2.76 bits per heavy atom. The summed E-state index contributed by atoms with van der Waals surface area (Å²) in [6, 6.07) is 11.1. The molecule has 2 N–H and O–H groups in total. The van der Waals surface area contributed by atoms with Crippen molar-refractivity contribution >= 4 is 22.7 Å². The molecular weight excluding hydrogens is 268 g/mol. The van der Waals surface area contributed by atoms with Gasteiger partial charge in [0.2, 0.25) is 0 Å². The summed E-state index contributed by atoms with van der Waals surface area (Å²) in [5.74, 6) is 0.0668. The first-order valence-electron chi connectivity index (χ1n) is 6.37. The van der Waals surface area contributed by atoms with E-state index in [0.717, 1.165) is 16.5 Å². The van der Waals surface area contributed by atoms with Crippen molar-refractivity contribution in [2.75, 3.05) is 11.9 Å². The second kappa shape index (κ2) is 5.54. The molecule has 0 spiro atoms. The van der Waals surface area contributed by atoms with E-state index < -0.39 is 5.97 Å². The molecule has 0 atom stereocenters. The average molecular weight is 280 g/mol. The smallest absolute Gasteiger partial charge is 0.322 e. The lowest BCUT2D eigenvalue weighted by Gasteiger charge is -2.09. The van der Waals surface area contributed by atoms with E-state index in [9.17, 15) is 4.79 Å². The Balaban J connectivity index is 2.12. The van der Waals surface area contributed by atoms with Gasteiger partial charge in [0.25, 0.3) is 0 Å². The molecule has 3 aromatic rings. The summed E-state index contributed by atoms with van der Waals surface area (Å²) in [5, 5.41) is 12.4. The topological polar surface area (TPSA) is 88.0 Å². The molecule has 21 heavy (non-hydrogen) atoms. The van der Waals surface area contributed by atoms with Crippen molar-refractivity contribution in [1.82, 2.24) is 15.0 Å². The van der Waals surface area contributed by atoms with Crippen LogP contribution in [-0.4, -0.2) is 32.6 Å². The van der Waals surface area contributed by atoms with Crippen LogP contribution in [0.4, 0.5) is 5.82 Å². The minimum Gasteiger partial charge on any atom is -0.480 e. The fourth-order valence-corrected chi connectivity index (χ4v) is 1.99. The third-order valence-electron chi connectivity index (χ3n) is 2.93. The van der Waals surface area contributed by atoms with Crippen LogP contribution in [0.25, 0.3) is 22.3 Å². The number of carboxylic acid groups (broad SMARTS) is 1. The minimum absolute atomic E-state index is 0.201. The van der Waals surface area contributed by atoms with Crippen LogP contribution in [0.5, 0.6) is 0 Å². The van der Waals surface area contributed by atoms with Crippen LogP contribution in [0.2, 0.25) is 0 Å². The number of hydrogen-bond acceptors (Lipinski definition) is 5. The van der Waals surface area contributed by atoms with Gasteiger partial charge >= 0.3 is 5.97 Å². The molecule has 0 aliphatic rings. The van der Waals surface area contributed by atoms with Gasteiger partial charge in [-0.1, -0.05) is 12.1 Å². The van der Waals surface area contributed by atoms with Gasteiger partial charge in [0.1, 0.15) is 12.4 Å². The zero-order chi connectivity index (χ0) is 14.7. The molecule has 0 fully saturated rings. The van der Waals surface area contributed by atoms with Crippen LogP contribution in [0.15, 0.2) is 48.8 Å². The maximum atomic E-state index is 10.7. The summed E-state index contributed by atoms with van der Waals surface area (Å²) in [4.78, 5) is 23.7. The number of aromatic nitrogens is 3. The van der Waals surface area contributed by atoms with E-state index in [0.29, 0.717) is 11.6 Å². The van der Waals surface area contributed by atoms with Crippen LogP contribution in [0.1, 0.15) is 0 Å². The molecule has 0 aliphatic carbocycles. The van der Waals surface area contributed by atoms with E-state index in [1.807, 2.05) is 30.3 Å². The number of para-hydroxylation sites is 1. The van der Waals surface area contributed by atoms with Crippen LogP contribution < -0.4 is 5.32 Å². The molecule has 6 heteroatoms. The summed E-state index contributed by atoms with van der Waals surface area (Å²) in [6.45, 7) is -0.201. The summed E-state index contributed by atoms with van der Waals surface area (Å²) in [5.41, 5.74) is 1.53. The predicted molar refractivity (Wildman–Crippen MR) is 78.9 cm³/mol. The van der Waals surface area contributed by atoms with Crippen molar-refractivity contribution in [2.24, 2.45) is 0 Å². The normalized spacial score (nSPS) is 10.5. The van der Waals surface area contributed by atoms with Crippen molar-refractivity contribution in [3.63, 3.8) is 0 Å². The number of pyridine rings is 1. The van der Waals surface area contributed by atoms with Gasteiger partial charge in [-0.05, 0) is 24.3 Å². The maximum absolute atomic E-state index is 10.7. The third kappa shape index (κ3) is 2.79. The largest absolute Gasteiger partial charge is 0.480 e. The number of nitrogens with one attached hydrogen (secondary N) is 1. The van der Waals surface area contributed by atoms with E-state index in [2.05, 4.69) is 20.3 Å². The zero-order valence-electron chi connectivity index (χ0n) is 11.0. The lowest BCUT2D eigenvalue weighted by atomic mass is 10.2. The van der Waals surface area contributed by atoms with E-state index in [1.165, 1.54) is 0 Å². The molecule has 0 saturated carbocycles. The third-order valence-corrected chi connectivity index (χ3v) is 2.93. The predicted octanol–water partition coefficient (Wildman–Crippen LogP) is 2.19. The molecule has 2 heterocycles. The quantitative estimate of drug-likeness (QED) is 0.761. The van der Waals surface area contributed by atoms with Gasteiger partial charge < -0.3 is 10.4 Å². The molecule has 0 radical (unpaired) electrons. The van der Waals surface area contributed by atoms with E-state index >= 15 is 0 Å². The van der Waals surface area contributed by atoms with Gasteiger partial charge in [-0.15, -0.1) is 0 Å². The Labute approximate surface area is 120 Å². The lowest BCUT2D eigenvalue weighted by Crippen LogP contribution is -2.14. The molecule has 3 rings (SSSR count). The van der Waals surface area contributed by atoms with Gasteiger partial charge in [-0.2, -0.15) is 0 Å². The summed E-state index contributed by atoms with van der Waals surface area (Å²) >= 11 is 0. The molecule has 0 amide bonds. The van der Waals surface area contributed by atoms with Crippen molar-refractivity contribution in [2.45, 2.75) is 0 Å². The van der Waals surface area contributed by atoms with Crippen LogP contribution in [0, 0.1) is 0 Å². The van der Waals surface area contributed by atoms with Crippen molar-refractivity contribution < 1.29 is 9.90 Å². The average Bonchev–Trinajstić information content (AvgIpc) is 2.53. The van der Waals surface area contributed by atoms with E-state index in [1.54, 1.807) is 18.5 Å². The van der Waals surface area contributed by atoms with E-state index in [4.69, 9.17) is 5.11 Å². The number of anilines is 1. The highest BCUT2D eigenvalue weighted by Crippen LogP contribution is 2.24. The number of nitrogens with zero attached hydrogens (tertiary/aromatic N) is 3. The van der Waals surface area contributed by atoms with Crippen molar-refractivity contribution in [3.05, 3.63) is 48.8 Å². The Kier molecular flexibility index (Phi) is 3.42. The highest BCUT2D eigenvalue weighted by molar-refractivity contribution is 5.91. The monoisotopic (exact) mass is 280 g/mol. The molecule has 0 unspecified atom stereocenters. The van der Waals surface area contributed by atoms with E-state index in [-0.39, 0.29) is 6.54 Å². The summed E-state index contributed by atoms with van der Waals surface area (Å²) in [7, 11) is 0. The first-order valence-corrected chi connectivity index (χ1v) is 6.37. The van der Waals surface area contributed by atoms with Crippen molar-refractivity contribution in [3.8, 4) is 11.4 Å². The van der Waals surface area contributed by atoms with Crippen LogP contribution >= 0.6 is 0 Å². The molecule has 0 saturated heterocycles. The second-order valence-electron chi connectivity index (χ2n) is 4.40. The minimum atomic E-state index is -0.944. The number of carbonyl (C=O) groups is 1. The number of hydrogen-bond donors (Lipinski definition) is 2. The molecule has 0 bridgehead atoms. The molecule has 6 nitrogen and oxygen atoms in total. The molecule has 0 aliphatic heterocycles. The summed E-state index contributed by atoms with van der Waals surface area (Å²) < 4.78 is 0. The van der Waals surface area contributed by atoms with Crippen LogP contribution in [-0.2, 0) is 4.79 Å². The number of carboxylic acids is 1. The number of aliphatic carboxylic acids is 1. The fourth-order valence-electron chi connectivity index (χ4n) is 1.99. The van der Waals surface area contributed by atoms with Gasteiger partial charge in [-0.3, -0.25) is 9.78 Å². The second-order valence-corrected chi connectivity index (χ2v) is 4.40. The molecule has 2 aromatic heterocycles. The highest BCUT2D eigenvalue weighted by atomic mass is 16.4. The lowest BCUT2D eigenvalue weighted by molar-refractivity contribution is -0.134.